The molecule has 62 heavy (non-hydrogen) atoms. The second kappa shape index (κ2) is 14.7. The van der Waals surface area contributed by atoms with Gasteiger partial charge in [0.15, 0.2) is 17.5 Å². The molecule has 5 nitrogen and oxygen atoms in total. The molecule has 3 aromatic heterocycles. The molecule has 5 heteroatoms. The monoisotopic (exact) mass is 815 g/mol. The largest absolute Gasteiger partial charge is 0.309 e. The summed E-state index contributed by atoms with van der Waals surface area (Å²) in [6.45, 7) is 0. The highest BCUT2D eigenvalue weighted by Crippen LogP contribution is 2.38. The van der Waals surface area contributed by atoms with Crippen LogP contribution in [0.25, 0.3) is 111 Å². The number of hydrogen-bond acceptors (Lipinski definition) is 3. The average Bonchev–Trinajstić information content (AvgIpc) is 1.54. The van der Waals surface area contributed by atoms with Gasteiger partial charge in [0, 0.05) is 49.6 Å². The Morgan fingerprint density at radius 3 is 1.23 bits per heavy atom. The van der Waals surface area contributed by atoms with Gasteiger partial charge in [-0.25, -0.2) is 15.0 Å². The Labute approximate surface area is 392 Å². The van der Waals surface area contributed by atoms with Gasteiger partial charge in [-0.05, 0) is 76.7 Å². The Kier molecular flexibility index (Phi) is 4.48. The molecular formula is C57H37N5. The first-order valence-corrected chi connectivity index (χ1v) is 19.0. The molecule has 9 aromatic carbocycles. The quantitative estimate of drug-likeness (QED) is 0.161. The van der Waals surface area contributed by atoms with Crippen LogP contribution in [0.15, 0.2) is 224 Å². The van der Waals surface area contributed by atoms with Crippen molar-refractivity contribution in [3.8, 4) is 67.8 Å². The summed E-state index contributed by atoms with van der Waals surface area (Å²) in [4.78, 5) is 14.1. The zero-order valence-electron chi connectivity index (χ0n) is 55.7. The number of rotatable bonds is 7. The van der Waals surface area contributed by atoms with Crippen molar-refractivity contribution in [2.75, 3.05) is 0 Å². The molecule has 0 unspecified atom stereocenters. The summed E-state index contributed by atoms with van der Waals surface area (Å²) < 4.78 is 219. The van der Waals surface area contributed by atoms with Crippen LogP contribution >= 0.6 is 0 Å². The Bertz CT molecular complexity index is 4740. The van der Waals surface area contributed by atoms with Crippen molar-refractivity contribution in [1.82, 2.24) is 24.1 Å². The molecule has 0 fully saturated rings. The maximum atomic E-state index is 10.1. The zero-order valence-corrected chi connectivity index (χ0v) is 31.7. The van der Waals surface area contributed by atoms with Gasteiger partial charge in [0.05, 0.1) is 55.0 Å². The molecule has 0 aliphatic rings. The van der Waals surface area contributed by atoms with E-state index in [9.17, 15) is 8.22 Å². The van der Waals surface area contributed by atoms with Crippen LogP contribution in [0.1, 0.15) is 32.9 Å². The minimum absolute atomic E-state index is 0.196. The van der Waals surface area contributed by atoms with Gasteiger partial charge in [0.1, 0.15) is 0 Å². The number of para-hydroxylation sites is 4. The molecule has 12 aromatic rings. The van der Waals surface area contributed by atoms with Crippen molar-refractivity contribution in [2.24, 2.45) is 0 Å². The van der Waals surface area contributed by atoms with Crippen molar-refractivity contribution < 1.29 is 32.9 Å². The third-order valence-corrected chi connectivity index (χ3v) is 10.3. The lowest BCUT2D eigenvalue weighted by atomic mass is 9.98. The maximum Gasteiger partial charge on any atom is 0.164 e. The van der Waals surface area contributed by atoms with E-state index in [1.165, 1.54) is 0 Å². The van der Waals surface area contributed by atoms with Crippen molar-refractivity contribution in [3.63, 3.8) is 0 Å². The molecule has 0 N–H and O–H groups in total. The van der Waals surface area contributed by atoms with Gasteiger partial charge in [0.2, 0.25) is 0 Å². The van der Waals surface area contributed by atoms with E-state index in [4.69, 9.17) is 34.6 Å². The summed E-state index contributed by atoms with van der Waals surface area (Å²) >= 11 is 0. The van der Waals surface area contributed by atoms with Crippen LogP contribution < -0.4 is 0 Å². The highest BCUT2D eigenvalue weighted by Gasteiger charge is 2.19. The molecule has 0 spiro atoms. The molecule has 0 saturated carbocycles. The van der Waals surface area contributed by atoms with Crippen LogP contribution in [-0.4, -0.2) is 24.1 Å². The van der Waals surface area contributed by atoms with E-state index in [0.29, 0.717) is 5.56 Å². The SMILES string of the molecule is [2H]c1c([2H])c([2H])c(-n2c3c([2H])c([2H])c([2H])c([2H])c3c3c([2H])c([2H])c(-c4nc(-c5ccc(-c6cccc(-c7ccccc7)c6)cc5)nc(-c5c([2H])c([2H])c6c7c([2H])c([2H])c([2H])c([2H])c7n(-c7c([2H])c([2H])c([2H])c([2H])c7[2H])c6c5[2H])n4)c([2H])c32)c([2H])c1[2H]. The predicted octanol–water partition coefficient (Wildman–Crippen LogP) is 14.4. The molecular weight excluding hydrogens is 755 g/mol. The van der Waals surface area contributed by atoms with Crippen molar-refractivity contribution in [3.05, 3.63) is 224 Å². The van der Waals surface area contributed by atoms with E-state index in [1.54, 1.807) is 24.3 Å². The standard InChI is InChI=1S/C57H37N5/c1-4-15-38(16-5-1)41-17-14-18-42(35-41)39-27-29-40(30-28-39)55-58-56(43-31-33-49-47-23-10-12-25-51(47)61(53(49)36-43)45-19-6-2-7-20-45)60-57(59-55)44-32-34-50-48-24-11-13-26-52(48)62(54(50)37-44)46-21-8-3-9-22-46/h1-37H/i2D,3D,6D,7D,8D,9D,10D,11D,12D,13D,19D,20D,21D,22D,23D,24D,25D,26D,31D,32D,33D,34D,36D,37D. The third-order valence-electron chi connectivity index (χ3n) is 10.3. The molecule has 0 saturated heterocycles. The molecule has 0 radical (unpaired) electrons. The number of aromatic nitrogens is 5. The fourth-order valence-electron chi connectivity index (χ4n) is 7.45. The normalized spacial score (nSPS) is 17.0. The number of fused-ring (bicyclic) bond motifs is 6. The molecule has 0 atom stereocenters. The summed E-state index contributed by atoms with van der Waals surface area (Å²) in [5.41, 5.74) is -1.21. The summed E-state index contributed by atoms with van der Waals surface area (Å²) in [7, 11) is 0. The second-order valence-electron chi connectivity index (χ2n) is 13.8. The molecule has 0 bridgehead atoms. The van der Waals surface area contributed by atoms with E-state index in [1.807, 2.05) is 54.6 Å². The van der Waals surface area contributed by atoms with E-state index in [0.717, 1.165) is 25.8 Å². The molecule has 0 aliphatic carbocycles. The molecule has 3 heterocycles. The Morgan fingerprint density at radius 2 is 0.710 bits per heavy atom. The van der Waals surface area contributed by atoms with Crippen LogP contribution in [0.4, 0.5) is 0 Å². The first kappa shape index (κ1) is 18.9. The zero-order chi connectivity index (χ0) is 61.9. The second-order valence-corrected chi connectivity index (χ2v) is 13.8. The van der Waals surface area contributed by atoms with Crippen LogP contribution in [-0.2, 0) is 0 Å². The van der Waals surface area contributed by atoms with Gasteiger partial charge < -0.3 is 9.13 Å². The van der Waals surface area contributed by atoms with Crippen molar-refractivity contribution in [1.29, 1.82) is 0 Å². The lowest BCUT2D eigenvalue weighted by Crippen LogP contribution is -2.01. The Hall–Kier alpha value is -8.41. The lowest BCUT2D eigenvalue weighted by molar-refractivity contribution is 1.07. The van der Waals surface area contributed by atoms with Gasteiger partial charge in [-0.15, -0.1) is 0 Å². The summed E-state index contributed by atoms with van der Waals surface area (Å²) in [6.07, 6.45) is 0. The first-order valence-electron chi connectivity index (χ1n) is 31.0. The van der Waals surface area contributed by atoms with E-state index >= 15 is 0 Å². The highest BCUT2D eigenvalue weighted by molar-refractivity contribution is 6.11. The van der Waals surface area contributed by atoms with E-state index in [-0.39, 0.29) is 11.4 Å². The Morgan fingerprint density at radius 1 is 0.306 bits per heavy atom. The van der Waals surface area contributed by atoms with Crippen LogP contribution in [0.3, 0.4) is 0 Å². The number of hydrogen-bond donors (Lipinski definition) is 0. The number of benzene rings is 9. The average molecular weight is 816 g/mol. The first-order chi connectivity index (χ1) is 40.7. The minimum atomic E-state index is -0.869. The molecule has 0 aliphatic heterocycles. The minimum Gasteiger partial charge on any atom is -0.309 e. The van der Waals surface area contributed by atoms with Crippen LogP contribution in [0.5, 0.6) is 0 Å². The summed E-state index contributed by atoms with van der Waals surface area (Å²) in [5.74, 6) is -1.59. The third kappa shape index (κ3) is 6.06. The highest BCUT2D eigenvalue weighted by atomic mass is 15.0. The molecule has 0 amide bonds. The van der Waals surface area contributed by atoms with Crippen molar-refractivity contribution >= 4 is 43.6 Å². The Balaban J connectivity index is 1.22. The fraction of sp³-hybridized carbons (Fsp3) is 0. The van der Waals surface area contributed by atoms with Crippen molar-refractivity contribution in [2.45, 2.75) is 0 Å². The number of nitrogens with zero attached hydrogens (tertiary/aromatic N) is 5. The fourth-order valence-corrected chi connectivity index (χ4v) is 7.45. The van der Waals surface area contributed by atoms with Crippen LogP contribution in [0.2, 0.25) is 0 Å². The topological polar surface area (TPSA) is 48.5 Å². The smallest absolute Gasteiger partial charge is 0.164 e. The van der Waals surface area contributed by atoms with Gasteiger partial charge >= 0.3 is 0 Å². The molecule has 12 rings (SSSR count). The summed E-state index contributed by atoms with van der Waals surface area (Å²) in [6, 6.07) is 4.18. The van der Waals surface area contributed by atoms with E-state index in [2.05, 4.69) is 4.98 Å². The van der Waals surface area contributed by atoms with Gasteiger partial charge in [0.25, 0.3) is 0 Å². The predicted molar refractivity (Wildman–Crippen MR) is 256 cm³/mol. The van der Waals surface area contributed by atoms with Crippen LogP contribution in [0, 0.1) is 0 Å². The lowest BCUT2D eigenvalue weighted by Gasteiger charge is -2.12. The summed E-state index contributed by atoms with van der Waals surface area (Å²) in [5, 5.41) is -1.79. The van der Waals surface area contributed by atoms with Gasteiger partial charge in [-0.3, -0.25) is 0 Å². The maximum absolute atomic E-state index is 10.1. The molecule has 290 valence electrons. The van der Waals surface area contributed by atoms with E-state index < -0.39 is 223 Å². The van der Waals surface area contributed by atoms with Gasteiger partial charge in [-0.1, -0.05) is 169 Å². The van der Waals surface area contributed by atoms with Gasteiger partial charge in [-0.2, -0.15) is 0 Å².